The largest absolute Gasteiger partial charge is 0.350 e. The fraction of sp³-hybridized carbons (Fsp3) is 0.222. The smallest absolute Gasteiger partial charge is 0.270 e. The van der Waals surface area contributed by atoms with Crippen LogP contribution in [0.15, 0.2) is 48.9 Å². The predicted molar refractivity (Wildman–Crippen MR) is 94.2 cm³/mol. The van der Waals surface area contributed by atoms with Crippen molar-refractivity contribution in [2.75, 3.05) is 11.9 Å². The molecule has 1 amide bonds. The summed E-state index contributed by atoms with van der Waals surface area (Å²) in [5, 5.41) is 7.10. The standard InChI is InChI=1S/C18H19N5O/c1-12(2)10-20-18(24)15-9-16(22-11-21-15)23-14-7-3-5-13-6-4-8-19-17(13)14/h3-9,11-12H,10H2,1-2H3,(H,20,24)(H,21,22,23). The van der Waals surface area contributed by atoms with Gasteiger partial charge in [-0.3, -0.25) is 9.78 Å². The van der Waals surface area contributed by atoms with Crippen LogP contribution in [0.5, 0.6) is 0 Å². The maximum Gasteiger partial charge on any atom is 0.270 e. The molecule has 0 saturated carbocycles. The lowest BCUT2D eigenvalue weighted by Gasteiger charge is -2.10. The summed E-state index contributed by atoms with van der Waals surface area (Å²) in [4.78, 5) is 24.8. The minimum Gasteiger partial charge on any atom is -0.350 e. The molecule has 3 aromatic rings. The molecule has 6 nitrogen and oxygen atoms in total. The SMILES string of the molecule is CC(C)CNC(=O)c1cc(Nc2cccc3cccnc23)ncn1. The monoisotopic (exact) mass is 321 g/mol. The van der Waals surface area contributed by atoms with Crippen LogP contribution in [0.3, 0.4) is 0 Å². The second-order valence-corrected chi connectivity index (χ2v) is 5.90. The molecule has 0 aliphatic carbocycles. The lowest BCUT2D eigenvalue weighted by Crippen LogP contribution is -2.28. The van der Waals surface area contributed by atoms with E-state index in [4.69, 9.17) is 0 Å². The van der Waals surface area contributed by atoms with Gasteiger partial charge in [-0.15, -0.1) is 0 Å². The van der Waals surface area contributed by atoms with Crippen molar-refractivity contribution in [1.29, 1.82) is 0 Å². The molecule has 0 atom stereocenters. The van der Waals surface area contributed by atoms with Crippen LogP contribution >= 0.6 is 0 Å². The molecule has 3 rings (SSSR count). The number of rotatable bonds is 5. The first-order chi connectivity index (χ1) is 11.6. The van der Waals surface area contributed by atoms with Gasteiger partial charge in [-0.25, -0.2) is 9.97 Å². The fourth-order valence-electron chi connectivity index (χ4n) is 2.28. The van der Waals surface area contributed by atoms with Crippen molar-refractivity contribution in [2.45, 2.75) is 13.8 Å². The molecule has 1 aromatic carbocycles. The Morgan fingerprint density at radius 2 is 1.96 bits per heavy atom. The van der Waals surface area contributed by atoms with Crippen LogP contribution < -0.4 is 10.6 Å². The normalized spacial score (nSPS) is 10.8. The molecule has 0 radical (unpaired) electrons. The second kappa shape index (κ2) is 7.04. The first-order valence-corrected chi connectivity index (χ1v) is 7.84. The highest BCUT2D eigenvalue weighted by Gasteiger charge is 2.10. The minimum atomic E-state index is -0.204. The molecule has 6 heteroatoms. The van der Waals surface area contributed by atoms with Gasteiger partial charge in [-0.2, -0.15) is 0 Å². The average molecular weight is 321 g/mol. The van der Waals surface area contributed by atoms with Crippen LogP contribution in [0.1, 0.15) is 24.3 Å². The highest BCUT2D eigenvalue weighted by atomic mass is 16.1. The van der Waals surface area contributed by atoms with Crippen LogP contribution in [0.4, 0.5) is 11.5 Å². The Labute approximate surface area is 140 Å². The van der Waals surface area contributed by atoms with Crippen molar-refractivity contribution in [3.63, 3.8) is 0 Å². The van der Waals surface area contributed by atoms with Crippen LogP contribution in [0, 0.1) is 5.92 Å². The maximum atomic E-state index is 12.1. The summed E-state index contributed by atoms with van der Waals surface area (Å²) in [6.45, 7) is 4.69. The van der Waals surface area contributed by atoms with E-state index < -0.39 is 0 Å². The molecule has 0 aliphatic rings. The van der Waals surface area contributed by atoms with Crippen LogP contribution in [-0.4, -0.2) is 27.4 Å². The topological polar surface area (TPSA) is 79.8 Å². The molecule has 0 bridgehead atoms. The van der Waals surface area contributed by atoms with Gasteiger partial charge in [0.05, 0.1) is 11.2 Å². The Hall–Kier alpha value is -3.02. The molecular weight excluding hydrogens is 302 g/mol. The first-order valence-electron chi connectivity index (χ1n) is 7.84. The molecule has 0 spiro atoms. The highest BCUT2D eigenvalue weighted by Crippen LogP contribution is 2.23. The Morgan fingerprint density at radius 1 is 1.12 bits per heavy atom. The third kappa shape index (κ3) is 3.65. The lowest BCUT2D eigenvalue weighted by atomic mass is 10.2. The summed E-state index contributed by atoms with van der Waals surface area (Å²) in [5.74, 6) is 0.734. The van der Waals surface area contributed by atoms with Gasteiger partial charge in [0.2, 0.25) is 0 Å². The number of fused-ring (bicyclic) bond motifs is 1. The maximum absolute atomic E-state index is 12.1. The number of pyridine rings is 1. The van der Waals surface area contributed by atoms with Gasteiger partial charge in [0, 0.05) is 24.2 Å². The van der Waals surface area contributed by atoms with Gasteiger partial charge in [-0.05, 0) is 18.1 Å². The van der Waals surface area contributed by atoms with E-state index in [2.05, 4.69) is 25.6 Å². The average Bonchev–Trinajstić information content (AvgIpc) is 2.60. The molecule has 2 N–H and O–H groups in total. The number of benzene rings is 1. The van der Waals surface area contributed by atoms with Gasteiger partial charge in [0.1, 0.15) is 17.8 Å². The molecule has 122 valence electrons. The van der Waals surface area contributed by atoms with Crippen molar-refractivity contribution in [3.05, 3.63) is 54.6 Å². The lowest BCUT2D eigenvalue weighted by molar-refractivity contribution is 0.0944. The van der Waals surface area contributed by atoms with Gasteiger partial charge in [0.25, 0.3) is 5.91 Å². The first kappa shape index (κ1) is 15.9. The number of hydrogen-bond acceptors (Lipinski definition) is 5. The van der Waals surface area contributed by atoms with Gasteiger partial charge < -0.3 is 10.6 Å². The van der Waals surface area contributed by atoms with Crippen molar-refractivity contribution >= 4 is 28.3 Å². The number of carbonyl (C=O) groups is 1. The molecular formula is C18H19N5O. The zero-order valence-electron chi connectivity index (χ0n) is 13.7. The van der Waals surface area contributed by atoms with E-state index in [9.17, 15) is 4.79 Å². The Kier molecular flexibility index (Phi) is 4.65. The van der Waals surface area contributed by atoms with Crippen LogP contribution in [0.2, 0.25) is 0 Å². The number of carbonyl (C=O) groups excluding carboxylic acids is 1. The van der Waals surface area contributed by atoms with Crippen molar-refractivity contribution in [1.82, 2.24) is 20.3 Å². The summed E-state index contributed by atoms with van der Waals surface area (Å²) in [5.41, 5.74) is 2.02. The van der Waals surface area contributed by atoms with E-state index in [0.717, 1.165) is 16.6 Å². The molecule has 0 saturated heterocycles. The van der Waals surface area contributed by atoms with Crippen LogP contribution in [0.25, 0.3) is 10.9 Å². The van der Waals surface area contributed by atoms with Gasteiger partial charge in [-0.1, -0.05) is 32.0 Å². The molecule has 2 heterocycles. The highest BCUT2D eigenvalue weighted by molar-refractivity contribution is 5.94. The summed E-state index contributed by atoms with van der Waals surface area (Å²) >= 11 is 0. The van der Waals surface area contributed by atoms with Crippen molar-refractivity contribution in [2.24, 2.45) is 5.92 Å². The van der Waals surface area contributed by atoms with E-state index in [1.54, 1.807) is 12.3 Å². The number of aromatic nitrogens is 3. The third-order valence-electron chi connectivity index (χ3n) is 3.47. The Balaban J connectivity index is 1.83. The number of amides is 1. The van der Waals surface area contributed by atoms with Gasteiger partial charge >= 0.3 is 0 Å². The number of anilines is 2. The third-order valence-corrected chi connectivity index (χ3v) is 3.47. The Morgan fingerprint density at radius 3 is 2.79 bits per heavy atom. The molecule has 24 heavy (non-hydrogen) atoms. The quantitative estimate of drug-likeness (QED) is 0.754. The number of nitrogens with one attached hydrogen (secondary N) is 2. The molecule has 0 aliphatic heterocycles. The van der Waals surface area contributed by atoms with E-state index in [-0.39, 0.29) is 5.91 Å². The van der Waals surface area contributed by atoms with Crippen molar-refractivity contribution < 1.29 is 4.79 Å². The van der Waals surface area contributed by atoms with E-state index in [1.165, 1.54) is 6.33 Å². The zero-order chi connectivity index (χ0) is 16.9. The predicted octanol–water partition coefficient (Wildman–Crippen LogP) is 3.15. The zero-order valence-corrected chi connectivity index (χ0v) is 13.7. The van der Waals surface area contributed by atoms with Crippen LogP contribution in [-0.2, 0) is 0 Å². The van der Waals surface area contributed by atoms with Gasteiger partial charge in [0.15, 0.2) is 0 Å². The summed E-state index contributed by atoms with van der Waals surface area (Å²) in [7, 11) is 0. The fourth-order valence-corrected chi connectivity index (χ4v) is 2.28. The second-order valence-electron chi connectivity index (χ2n) is 5.90. The number of hydrogen-bond donors (Lipinski definition) is 2. The number of nitrogens with zero attached hydrogens (tertiary/aromatic N) is 3. The summed E-state index contributed by atoms with van der Waals surface area (Å²) in [6.07, 6.45) is 3.13. The van der Waals surface area contributed by atoms with E-state index >= 15 is 0 Å². The number of para-hydroxylation sites is 1. The summed E-state index contributed by atoms with van der Waals surface area (Å²) < 4.78 is 0. The molecule has 0 fully saturated rings. The van der Waals surface area contributed by atoms with E-state index in [1.807, 2.05) is 44.2 Å². The molecule has 0 unspecified atom stereocenters. The van der Waals surface area contributed by atoms with Crippen molar-refractivity contribution in [3.8, 4) is 0 Å². The van der Waals surface area contributed by atoms with E-state index in [0.29, 0.717) is 24.0 Å². The summed E-state index contributed by atoms with van der Waals surface area (Å²) in [6, 6.07) is 11.4. The minimum absolute atomic E-state index is 0.204. The molecule has 2 aromatic heterocycles. The Bertz CT molecular complexity index is 857.